The van der Waals surface area contributed by atoms with Crippen LogP contribution >= 0.6 is 11.8 Å². The fourth-order valence-corrected chi connectivity index (χ4v) is 3.07. The number of ether oxygens (including phenoxy) is 1. The van der Waals surface area contributed by atoms with Gasteiger partial charge in [0.05, 0.1) is 12.7 Å². The summed E-state index contributed by atoms with van der Waals surface area (Å²) >= 11 is 1.99. The van der Waals surface area contributed by atoms with Gasteiger partial charge in [-0.2, -0.15) is 11.8 Å². The van der Waals surface area contributed by atoms with E-state index >= 15 is 0 Å². The van der Waals surface area contributed by atoms with Crippen LogP contribution in [-0.4, -0.2) is 30.6 Å². The van der Waals surface area contributed by atoms with Gasteiger partial charge in [-0.25, -0.2) is 4.79 Å². The average Bonchev–Trinajstić information content (AvgIpc) is 2.40. The summed E-state index contributed by atoms with van der Waals surface area (Å²) in [5.41, 5.74) is 1.50. The van der Waals surface area contributed by atoms with Crippen molar-refractivity contribution in [2.45, 2.75) is 18.9 Å². The fraction of sp³-hybridized carbons (Fsp3) is 0.462. The maximum atomic E-state index is 11.6. The minimum Gasteiger partial charge on any atom is -0.465 e. The van der Waals surface area contributed by atoms with Gasteiger partial charge in [0.1, 0.15) is 0 Å². The van der Waals surface area contributed by atoms with Crippen molar-refractivity contribution in [3.8, 4) is 0 Å². The summed E-state index contributed by atoms with van der Waals surface area (Å²) in [6.45, 7) is 0. The highest BCUT2D eigenvalue weighted by atomic mass is 32.2. The molecule has 3 nitrogen and oxygen atoms in total. The third-order valence-corrected chi connectivity index (χ3v) is 3.96. The van der Waals surface area contributed by atoms with Crippen molar-refractivity contribution < 1.29 is 9.53 Å². The van der Waals surface area contributed by atoms with Crippen LogP contribution in [0.5, 0.6) is 0 Å². The molecule has 1 aliphatic heterocycles. The molecule has 4 heteroatoms. The molecule has 0 aromatic heterocycles. The maximum Gasteiger partial charge on any atom is 0.339 e. The molecule has 1 saturated heterocycles. The van der Waals surface area contributed by atoms with E-state index in [1.54, 1.807) is 6.07 Å². The number of benzene rings is 1. The van der Waals surface area contributed by atoms with Crippen LogP contribution in [0.4, 0.5) is 5.69 Å². The first-order chi connectivity index (χ1) is 8.31. The summed E-state index contributed by atoms with van der Waals surface area (Å²) in [6, 6.07) is 8.00. The van der Waals surface area contributed by atoms with Gasteiger partial charge in [0.25, 0.3) is 0 Å². The normalized spacial score (nSPS) is 16.5. The van der Waals surface area contributed by atoms with Crippen molar-refractivity contribution in [3.63, 3.8) is 0 Å². The zero-order chi connectivity index (χ0) is 12.1. The van der Waals surface area contributed by atoms with Crippen LogP contribution in [0.25, 0.3) is 0 Å². The Kier molecular flexibility index (Phi) is 4.31. The summed E-state index contributed by atoms with van der Waals surface area (Å²) in [5.74, 6) is 2.11. The number of anilines is 1. The summed E-state index contributed by atoms with van der Waals surface area (Å²) in [6.07, 6.45) is 2.31. The Labute approximate surface area is 106 Å². The zero-order valence-corrected chi connectivity index (χ0v) is 10.8. The van der Waals surface area contributed by atoms with Crippen molar-refractivity contribution in [2.75, 3.05) is 23.9 Å². The first-order valence-corrected chi connectivity index (χ1v) is 6.98. The number of nitrogens with one attached hydrogen (secondary N) is 1. The van der Waals surface area contributed by atoms with E-state index in [9.17, 15) is 4.79 Å². The second-order valence-electron chi connectivity index (χ2n) is 4.07. The third-order valence-electron chi connectivity index (χ3n) is 2.91. The standard InChI is InChI=1S/C13H17NO2S/c1-16-13(15)11-4-2-3-5-12(11)14-10-6-8-17-9-7-10/h2-5,10,14H,6-9H2,1H3. The van der Waals surface area contributed by atoms with E-state index in [-0.39, 0.29) is 5.97 Å². The summed E-state index contributed by atoms with van der Waals surface area (Å²) in [7, 11) is 1.41. The predicted molar refractivity (Wildman–Crippen MR) is 71.8 cm³/mol. The van der Waals surface area contributed by atoms with E-state index in [1.807, 2.05) is 30.0 Å². The van der Waals surface area contributed by atoms with Crippen LogP contribution in [-0.2, 0) is 4.74 Å². The van der Waals surface area contributed by atoms with Gasteiger partial charge in [0, 0.05) is 11.7 Å². The molecule has 92 valence electrons. The molecule has 0 unspecified atom stereocenters. The van der Waals surface area contributed by atoms with Crippen molar-refractivity contribution >= 4 is 23.4 Å². The van der Waals surface area contributed by atoms with Crippen LogP contribution in [0.2, 0.25) is 0 Å². The van der Waals surface area contributed by atoms with E-state index in [0.29, 0.717) is 11.6 Å². The summed E-state index contributed by atoms with van der Waals surface area (Å²) in [5, 5.41) is 3.45. The van der Waals surface area contributed by atoms with E-state index in [0.717, 1.165) is 18.5 Å². The van der Waals surface area contributed by atoms with Crippen LogP contribution in [0.1, 0.15) is 23.2 Å². The topological polar surface area (TPSA) is 38.3 Å². The molecule has 1 aromatic rings. The molecule has 2 rings (SSSR count). The molecular weight excluding hydrogens is 234 g/mol. The number of hydrogen-bond acceptors (Lipinski definition) is 4. The lowest BCUT2D eigenvalue weighted by atomic mass is 10.1. The lowest BCUT2D eigenvalue weighted by Crippen LogP contribution is -2.25. The first-order valence-electron chi connectivity index (χ1n) is 5.83. The van der Waals surface area contributed by atoms with Gasteiger partial charge < -0.3 is 10.1 Å². The number of carbonyl (C=O) groups is 1. The van der Waals surface area contributed by atoms with Crippen LogP contribution in [0.3, 0.4) is 0 Å². The monoisotopic (exact) mass is 251 g/mol. The van der Waals surface area contributed by atoms with Crippen molar-refractivity contribution in [1.82, 2.24) is 0 Å². The lowest BCUT2D eigenvalue weighted by molar-refractivity contribution is 0.0602. The number of rotatable bonds is 3. The average molecular weight is 251 g/mol. The van der Waals surface area contributed by atoms with Gasteiger partial charge in [-0.15, -0.1) is 0 Å². The molecule has 0 saturated carbocycles. The van der Waals surface area contributed by atoms with Crippen LogP contribution < -0.4 is 5.32 Å². The Morgan fingerprint density at radius 1 is 1.35 bits per heavy atom. The highest BCUT2D eigenvalue weighted by Gasteiger charge is 2.17. The second-order valence-corrected chi connectivity index (χ2v) is 5.29. The Morgan fingerprint density at radius 2 is 2.06 bits per heavy atom. The molecule has 1 heterocycles. The maximum absolute atomic E-state index is 11.6. The molecule has 0 amide bonds. The number of thioether (sulfide) groups is 1. The van der Waals surface area contributed by atoms with E-state index < -0.39 is 0 Å². The molecule has 0 spiro atoms. The Morgan fingerprint density at radius 3 is 2.76 bits per heavy atom. The second kappa shape index (κ2) is 5.96. The van der Waals surface area contributed by atoms with Crippen molar-refractivity contribution in [3.05, 3.63) is 29.8 Å². The fourth-order valence-electron chi connectivity index (χ4n) is 1.96. The Balaban J connectivity index is 2.11. The van der Waals surface area contributed by atoms with Crippen LogP contribution in [0, 0.1) is 0 Å². The number of esters is 1. The summed E-state index contributed by atoms with van der Waals surface area (Å²) < 4.78 is 4.78. The van der Waals surface area contributed by atoms with Crippen molar-refractivity contribution in [2.24, 2.45) is 0 Å². The third kappa shape index (κ3) is 3.16. The molecule has 1 aromatic carbocycles. The Bertz CT molecular complexity index is 389. The van der Waals surface area contributed by atoms with Gasteiger partial charge in [0.2, 0.25) is 0 Å². The van der Waals surface area contributed by atoms with E-state index in [1.165, 1.54) is 18.6 Å². The van der Waals surface area contributed by atoms with Crippen LogP contribution in [0.15, 0.2) is 24.3 Å². The largest absolute Gasteiger partial charge is 0.465 e. The molecule has 0 atom stereocenters. The number of para-hydroxylation sites is 1. The molecule has 0 aliphatic carbocycles. The number of methoxy groups -OCH3 is 1. The quantitative estimate of drug-likeness (QED) is 0.838. The molecule has 1 aliphatic rings. The van der Waals surface area contributed by atoms with Crippen molar-refractivity contribution in [1.29, 1.82) is 0 Å². The zero-order valence-electron chi connectivity index (χ0n) is 9.94. The van der Waals surface area contributed by atoms with Gasteiger partial charge in [-0.3, -0.25) is 0 Å². The number of hydrogen-bond donors (Lipinski definition) is 1. The lowest BCUT2D eigenvalue weighted by Gasteiger charge is -2.24. The molecule has 17 heavy (non-hydrogen) atoms. The Hall–Kier alpha value is -1.16. The van der Waals surface area contributed by atoms with E-state index in [4.69, 9.17) is 4.74 Å². The molecular formula is C13H17NO2S. The SMILES string of the molecule is COC(=O)c1ccccc1NC1CCSCC1. The molecule has 1 fully saturated rings. The number of carbonyl (C=O) groups excluding carboxylic acids is 1. The van der Waals surface area contributed by atoms with Gasteiger partial charge in [-0.1, -0.05) is 12.1 Å². The molecule has 0 bridgehead atoms. The van der Waals surface area contributed by atoms with Gasteiger partial charge >= 0.3 is 5.97 Å². The predicted octanol–water partition coefficient (Wildman–Crippen LogP) is 2.78. The molecule has 1 N–H and O–H groups in total. The van der Waals surface area contributed by atoms with E-state index in [2.05, 4.69) is 5.32 Å². The minimum absolute atomic E-state index is 0.279. The minimum atomic E-state index is -0.279. The van der Waals surface area contributed by atoms with Gasteiger partial charge in [-0.05, 0) is 36.5 Å². The van der Waals surface area contributed by atoms with Gasteiger partial charge in [0.15, 0.2) is 0 Å². The smallest absolute Gasteiger partial charge is 0.339 e. The summed E-state index contributed by atoms with van der Waals surface area (Å²) in [4.78, 5) is 11.6. The first kappa shape index (κ1) is 12.3. The highest BCUT2D eigenvalue weighted by Crippen LogP contribution is 2.23. The highest BCUT2D eigenvalue weighted by molar-refractivity contribution is 7.99. The molecule has 0 radical (unpaired) electrons.